The van der Waals surface area contributed by atoms with E-state index in [0.29, 0.717) is 0 Å². The van der Waals surface area contributed by atoms with Crippen LogP contribution in [0.3, 0.4) is 0 Å². The molecule has 0 aliphatic heterocycles. The van der Waals surface area contributed by atoms with Gasteiger partial charge in [0.05, 0.1) is 6.54 Å². The fraction of sp³-hybridized carbons (Fsp3) is 0.625. The van der Waals surface area contributed by atoms with Gasteiger partial charge in [0, 0.05) is 0 Å². The predicted molar refractivity (Wildman–Crippen MR) is 45.2 cm³/mol. The Morgan fingerprint density at radius 1 is 1.33 bits per heavy atom. The Morgan fingerprint density at radius 2 is 1.89 bits per heavy atom. The molecule has 1 nitrogen and oxygen atoms in total. The summed E-state index contributed by atoms with van der Waals surface area (Å²) in [5.74, 6) is 0. The van der Waals surface area contributed by atoms with Crippen LogP contribution < -0.4 is 0 Å². The molecule has 0 fully saturated rings. The van der Waals surface area contributed by atoms with Crippen molar-refractivity contribution in [3.63, 3.8) is 0 Å². The van der Waals surface area contributed by atoms with Gasteiger partial charge in [-0.15, -0.1) is 0 Å². The quantitative estimate of drug-likeness (QED) is 0.408. The van der Waals surface area contributed by atoms with Crippen LogP contribution in [-0.2, 0) is 0 Å². The van der Waals surface area contributed by atoms with Crippen LogP contribution in [0.25, 0.3) is 0 Å². The van der Waals surface area contributed by atoms with E-state index in [4.69, 9.17) is 0 Å². The Morgan fingerprint density at radius 3 is 2.22 bits per heavy atom. The van der Waals surface area contributed by atoms with E-state index in [9.17, 15) is 0 Å². The molecule has 0 saturated carbocycles. The summed E-state index contributed by atoms with van der Waals surface area (Å²) in [4.78, 5) is 3.64. The molecule has 0 aliphatic carbocycles. The third kappa shape index (κ3) is 18.7. The molecule has 0 radical (unpaired) electrons. The lowest BCUT2D eigenvalue weighted by Gasteiger charge is -1.75. The van der Waals surface area contributed by atoms with Crippen molar-refractivity contribution < 1.29 is 0 Å². The zero-order chi connectivity index (χ0) is 7.54. The molecular formula is C8H17N. The summed E-state index contributed by atoms with van der Waals surface area (Å²) in [6.07, 6.45) is 5.18. The maximum Gasteiger partial charge on any atom is 0.0563 e. The normalized spacial score (nSPS) is 8.33. The van der Waals surface area contributed by atoms with Crippen LogP contribution in [0.2, 0.25) is 0 Å². The molecule has 0 unspecified atom stereocenters. The Balaban J connectivity index is 0. The lowest BCUT2D eigenvalue weighted by atomic mass is 10.4. The predicted octanol–water partition coefficient (Wildman–Crippen LogP) is 2.68. The molecule has 0 amide bonds. The Hall–Kier alpha value is -0.590. The second kappa shape index (κ2) is 15.7. The fourth-order valence-corrected chi connectivity index (χ4v) is 0.316. The van der Waals surface area contributed by atoms with Gasteiger partial charge in [0.15, 0.2) is 0 Å². The second-order valence-electron chi connectivity index (χ2n) is 1.29. The average Bonchev–Trinajstić information content (AvgIpc) is 1.94. The molecule has 0 saturated heterocycles. The lowest BCUT2D eigenvalue weighted by Crippen LogP contribution is -1.65. The molecule has 54 valence electrons. The summed E-state index contributed by atoms with van der Waals surface area (Å²) >= 11 is 0. The van der Waals surface area contributed by atoms with E-state index in [0.717, 1.165) is 13.0 Å². The van der Waals surface area contributed by atoms with E-state index in [1.807, 2.05) is 19.9 Å². The maximum absolute atomic E-state index is 3.64. The molecular weight excluding hydrogens is 110 g/mol. The van der Waals surface area contributed by atoms with Gasteiger partial charge < -0.3 is 0 Å². The average molecular weight is 127 g/mol. The SMILES string of the molecule is C=NC/C=C\CC.CC. The summed E-state index contributed by atoms with van der Waals surface area (Å²) in [6.45, 7) is 10.2. The van der Waals surface area contributed by atoms with Crippen molar-refractivity contribution in [1.29, 1.82) is 0 Å². The van der Waals surface area contributed by atoms with E-state index < -0.39 is 0 Å². The zero-order valence-electron chi connectivity index (χ0n) is 6.72. The monoisotopic (exact) mass is 127 g/mol. The van der Waals surface area contributed by atoms with E-state index in [1.165, 1.54) is 0 Å². The van der Waals surface area contributed by atoms with E-state index >= 15 is 0 Å². The topological polar surface area (TPSA) is 12.4 Å². The molecule has 0 aromatic rings. The Labute approximate surface area is 58.5 Å². The van der Waals surface area contributed by atoms with Gasteiger partial charge in [-0.2, -0.15) is 0 Å². The van der Waals surface area contributed by atoms with E-state index in [-0.39, 0.29) is 0 Å². The molecule has 0 heterocycles. The molecule has 0 rings (SSSR count). The highest BCUT2D eigenvalue weighted by Crippen LogP contribution is 1.77. The zero-order valence-corrected chi connectivity index (χ0v) is 6.72. The van der Waals surface area contributed by atoms with Gasteiger partial charge in [0.25, 0.3) is 0 Å². The maximum atomic E-state index is 3.64. The first-order valence-electron chi connectivity index (χ1n) is 3.49. The van der Waals surface area contributed by atoms with Gasteiger partial charge in [0.2, 0.25) is 0 Å². The van der Waals surface area contributed by atoms with Gasteiger partial charge in [-0.1, -0.05) is 32.9 Å². The minimum Gasteiger partial charge on any atom is -0.297 e. The summed E-state index contributed by atoms with van der Waals surface area (Å²) in [6, 6.07) is 0. The molecule has 0 atom stereocenters. The first kappa shape index (κ1) is 11.2. The van der Waals surface area contributed by atoms with Crippen molar-refractivity contribution >= 4 is 6.72 Å². The number of hydrogen-bond acceptors (Lipinski definition) is 1. The highest BCUT2D eigenvalue weighted by atomic mass is 14.6. The molecule has 0 aromatic carbocycles. The smallest absolute Gasteiger partial charge is 0.0563 e. The summed E-state index contributed by atoms with van der Waals surface area (Å²) in [5, 5.41) is 0. The van der Waals surface area contributed by atoms with Gasteiger partial charge in [0.1, 0.15) is 0 Å². The summed E-state index contributed by atoms with van der Waals surface area (Å²) in [7, 11) is 0. The van der Waals surface area contributed by atoms with Crippen LogP contribution in [0, 0.1) is 0 Å². The van der Waals surface area contributed by atoms with Crippen molar-refractivity contribution in [2.45, 2.75) is 27.2 Å². The third-order valence-electron chi connectivity index (χ3n) is 0.637. The van der Waals surface area contributed by atoms with Crippen LogP contribution >= 0.6 is 0 Å². The van der Waals surface area contributed by atoms with E-state index in [1.54, 1.807) is 0 Å². The summed E-state index contributed by atoms with van der Waals surface area (Å²) < 4.78 is 0. The van der Waals surface area contributed by atoms with Gasteiger partial charge in [-0.3, -0.25) is 4.99 Å². The molecule has 0 aromatic heterocycles. The summed E-state index contributed by atoms with van der Waals surface area (Å²) in [5.41, 5.74) is 0. The molecule has 9 heavy (non-hydrogen) atoms. The van der Waals surface area contributed by atoms with E-state index in [2.05, 4.69) is 24.7 Å². The van der Waals surface area contributed by atoms with Gasteiger partial charge in [-0.25, -0.2) is 0 Å². The van der Waals surface area contributed by atoms with Crippen molar-refractivity contribution in [2.24, 2.45) is 4.99 Å². The minimum atomic E-state index is 0.758. The molecule has 0 spiro atoms. The van der Waals surface area contributed by atoms with Gasteiger partial charge in [-0.05, 0) is 13.1 Å². The number of nitrogens with zero attached hydrogens (tertiary/aromatic N) is 1. The fourth-order valence-electron chi connectivity index (χ4n) is 0.316. The van der Waals surface area contributed by atoms with Crippen LogP contribution in [0.1, 0.15) is 27.2 Å². The number of rotatable bonds is 3. The molecule has 0 N–H and O–H groups in total. The van der Waals surface area contributed by atoms with Crippen LogP contribution in [0.5, 0.6) is 0 Å². The first-order chi connectivity index (χ1) is 4.41. The Kier molecular flexibility index (Phi) is 19.5. The number of hydrogen-bond donors (Lipinski definition) is 0. The lowest BCUT2D eigenvalue weighted by molar-refractivity contribution is 1.18. The standard InChI is InChI=1S/C6H11N.C2H6/c1-3-4-5-6-7-2;1-2/h4-5H,2-3,6H2,1H3;1-2H3/b5-4-;. The van der Waals surface area contributed by atoms with Crippen molar-refractivity contribution in [3.8, 4) is 0 Å². The van der Waals surface area contributed by atoms with Crippen molar-refractivity contribution in [3.05, 3.63) is 12.2 Å². The Bertz CT molecular complexity index is 65.0. The van der Waals surface area contributed by atoms with Crippen molar-refractivity contribution in [2.75, 3.05) is 6.54 Å². The molecule has 0 bridgehead atoms. The minimum absolute atomic E-state index is 0.758. The first-order valence-corrected chi connectivity index (χ1v) is 3.49. The van der Waals surface area contributed by atoms with Gasteiger partial charge >= 0.3 is 0 Å². The highest BCUT2D eigenvalue weighted by Gasteiger charge is 1.63. The molecule has 1 heteroatoms. The van der Waals surface area contributed by atoms with Crippen LogP contribution in [-0.4, -0.2) is 13.3 Å². The second-order valence-corrected chi connectivity index (χ2v) is 1.29. The number of allylic oxidation sites excluding steroid dienone is 1. The van der Waals surface area contributed by atoms with Crippen LogP contribution in [0.15, 0.2) is 17.1 Å². The highest BCUT2D eigenvalue weighted by molar-refractivity contribution is 5.23. The molecule has 0 aliphatic rings. The number of aliphatic imine (C=N–C) groups is 1. The third-order valence-corrected chi connectivity index (χ3v) is 0.637. The van der Waals surface area contributed by atoms with Crippen molar-refractivity contribution in [1.82, 2.24) is 0 Å². The van der Waals surface area contributed by atoms with Crippen LogP contribution in [0.4, 0.5) is 0 Å². The largest absolute Gasteiger partial charge is 0.297 e.